The normalized spacial score (nSPS) is 29.8. The number of nitrogens with two attached hydrogens (primary N) is 1. The van der Waals surface area contributed by atoms with E-state index >= 15 is 0 Å². The van der Waals surface area contributed by atoms with Gasteiger partial charge in [-0.1, -0.05) is 30.3 Å². The number of Topliss-reactive ketones (excluding diaryl/α,β-unsaturated/α-hetero) is 4. The minimum atomic E-state index is -2.73. The van der Waals surface area contributed by atoms with Crippen molar-refractivity contribution in [2.45, 2.75) is 31.0 Å². The standard InChI is InChI=1S/C30H33N3O7/c1-32(2)13-14-7-5-6-8-16(14)17-9-10-20(34)22-18(17)11-15-12-19-24(33(3)4)26(36)23(29(31)39)28(38)30(19,40)27(37)21(15)25(22)35/h5-10,15,19,21,23-24,34,40H,11-13H2,1-4H3,(H2,31,39)/t15-,19-,21?,23?,24-,30-/m0/s1. The van der Waals surface area contributed by atoms with Gasteiger partial charge < -0.3 is 20.8 Å². The van der Waals surface area contributed by atoms with Crippen molar-refractivity contribution in [2.24, 2.45) is 29.4 Å². The van der Waals surface area contributed by atoms with Gasteiger partial charge in [0.2, 0.25) is 5.91 Å². The second-order valence-electron chi connectivity index (χ2n) is 11.7. The number of hydrogen-bond acceptors (Lipinski definition) is 9. The van der Waals surface area contributed by atoms with E-state index in [1.807, 2.05) is 43.3 Å². The molecule has 0 radical (unpaired) electrons. The Bertz CT molecular complexity index is 1470. The van der Waals surface area contributed by atoms with Crippen molar-refractivity contribution in [1.29, 1.82) is 0 Å². The predicted molar refractivity (Wildman–Crippen MR) is 144 cm³/mol. The molecule has 0 aliphatic heterocycles. The molecular weight excluding hydrogens is 514 g/mol. The summed E-state index contributed by atoms with van der Waals surface area (Å²) in [7, 11) is 7.02. The van der Waals surface area contributed by atoms with Crippen molar-refractivity contribution in [2.75, 3.05) is 28.2 Å². The summed E-state index contributed by atoms with van der Waals surface area (Å²) in [5.74, 6) is -10.5. The second-order valence-corrected chi connectivity index (χ2v) is 11.7. The first-order valence-electron chi connectivity index (χ1n) is 13.2. The van der Waals surface area contributed by atoms with Gasteiger partial charge in [0.15, 0.2) is 34.7 Å². The van der Waals surface area contributed by atoms with E-state index in [4.69, 9.17) is 5.73 Å². The van der Waals surface area contributed by atoms with E-state index in [2.05, 4.69) is 0 Å². The van der Waals surface area contributed by atoms with E-state index in [1.165, 1.54) is 11.0 Å². The van der Waals surface area contributed by atoms with E-state index < -0.39 is 64.4 Å². The molecule has 2 saturated carbocycles. The molecular formula is C30H33N3O7. The summed E-state index contributed by atoms with van der Waals surface area (Å²) in [6.45, 7) is 0.634. The average molecular weight is 548 g/mol. The smallest absolute Gasteiger partial charge is 0.235 e. The molecule has 2 aromatic rings. The highest BCUT2D eigenvalue weighted by atomic mass is 16.3. The third kappa shape index (κ3) is 3.93. The van der Waals surface area contributed by atoms with E-state index in [-0.39, 0.29) is 24.2 Å². The Labute approximate surface area is 231 Å². The predicted octanol–water partition coefficient (Wildman–Crippen LogP) is 0.596. The number of aromatic hydroxyl groups is 1. The molecule has 6 atom stereocenters. The van der Waals surface area contributed by atoms with Crippen molar-refractivity contribution >= 4 is 29.0 Å². The summed E-state index contributed by atoms with van der Waals surface area (Å²) < 4.78 is 0. The van der Waals surface area contributed by atoms with Gasteiger partial charge in [-0.15, -0.1) is 0 Å². The number of hydrogen-bond donors (Lipinski definition) is 3. The quantitative estimate of drug-likeness (QED) is 0.456. The molecule has 5 rings (SSSR count). The summed E-state index contributed by atoms with van der Waals surface area (Å²) in [4.78, 5) is 70.2. The lowest BCUT2D eigenvalue weighted by Gasteiger charge is -2.52. The Balaban J connectivity index is 1.66. The number of primary amides is 1. The number of aliphatic hydroxyl groups is 1. The van der Waals surface area contributed by atoms with Crippen molar-refractivity contribution in [1.82, 2.24) is 9.80 Å². The zero-order valence-corrected chi connectivity index (χ0v) is 22.9. The molecule has 210 valence electrons. The van der Waals surface area contributed by atoms with Crippen LogP contribution in [0, 0.1) is 23.7 Å². The summed E-state index contributed by atoms with van der Waals surface area (Å²) in [6, 6.07) is 9.78. The fraction of sp³-hybridized carbons (Fsp3) is 0.433. The largest absolute Gasteiger partial charge is 0.507 e. The van der Waals surface area contributed by atoms with Gasteiger partial charge in [0, 0.05) is 12.5 Å². The number of ketones is 4. The minimum Gasteiger partial charge on any atom is -0.507 e. The van der Waals surface area contributed by atoms with Gasteiger partial charge in [0.25, 0.3) is 0 Å². The molecule has 0 spiro atoms. The highest BCUT2D eigenvalue weighted by molar-refractivity contribution is 6.32. The van der Waals surface area contributed by atoms with Gasteiger partial charge in [0.1, 0.15) is 5.75 Å². The zero-order valence-electron chi connectivity index (χ0n) is 22.9. The average Bonchev–Trinajstić information content (AvgIpc) is 2.86. The third-order valence-corrected chi connectivity index (χ3v) is 8.74. The molecule has 10 heteroatoms. The van der Waals surface area contributed by atoms with Crippen LogP contribution >= 0.6 is 0 Å². The van der Waals surface area contributed by atoms with Crippen LogP contribution in [0.4, 0.5) is 0 Å². The third-order valence-electron chi connectivity index (χ3n) is 8.74. The first kappa shape index (κ1) is 27.8. The molecule has 1 amide bonds. The minimum absolute atomic E-state index is 0.0104. The molecule has 40 heavy (non-hydrogen) atoms. The van der Waals surface area contributed by atoms with Crippen LogP contribution in [0.5, 0.6) is 5.75 Å². The molecule has 0 aromatic heterocycles. The molecule has 0 bridgehead atoms. The Hall–Kier alpha value is -3.73. The van der Waals surface area contributed by atoms with Crippen LogP contribution in [0.25, 0.3) is 11.1 Å². The highest BCUT2D eigenvalue weighted by Gasteiger charge is 2.69. The fourth-order valence-corrected chi connectivity index (χ4v) is 7.12. The van der Waals surface area contributed by atoms with Gasteiger partial charge in [0.05, 0.1) is 17.5 Å². The van der Waals surface area contributed by atoms with Gasteiger partial charge in [-0.05, 0) is 75.3 Å². The van der Waals surface area contributed by atoms with Crippen molar-refractivity contribution in [3.63, 3.8) is 0 Å². The Morgan fingerprint density at radius 1 is 1.00 bits per heavy atom. The van der Waals surface area contributed by atoms with Gasteiger partial charge in [-0.25, -0.2) is 0 Å². The molecule has 2 aromatic carbocycles. The van der Waals surface area contributed by atoms with Crippen LogP contribution in [0.2, 0.25) is 0 Å². The van der Waals surface area contributed by atoms with Gasteiger partial charge in [-0.2, -0.15) is 0 Å². The van der Waals surface area contributed by atoms with Crippen LogP contribution in [0.3, 0.4) is 0 Å². The maximum atomic E-state index is 14.0. The summed E-state index contributed by atoms with van der Waals surface area (Å²) in [6.07, 6.45) is 0.226. The summed E-state index contributed by atoms with van der Waals surface area (Å²) in [5.41, 5.74) is 5.85. The summed E-state index contributed by atoms with van der Waals surface area (Å²) in [5, 5.41) is 22.5. The lowest BCUT2D eigenvalue weighted by atomic mass is 9.52. The molecule has 0 heterocycles. The maximum Gasteiger partial charge on any atom is 0.235 e. The molecule has 3 aliphatic carbocycles. The molecule has 3 aliphatic rings. The maximum absolute atomic E-state index is 14.0. The van der Waals surface area contributed by atoms with Crippen molar-refractivity contribution in [3.05, 3.63) is 53.1 Å². The molecule has 2 fully saturated rings. The van der Waals surface area contributed by atoms with E-state index in [0.717, 1.165) is 16.7 Å². The molecule has 4 N–H and O–H groups in total. The van der Waals surface area contributed by atoms with Crippen LogP contribution in [0.1, 0.15) is 27.9 Å². The highest BCUT2D eigenvalue weighted by Crippen LogP contribution is 2.51. The molecule has 0 saturated heterocycles. The van der Waals surface area contributed by atoms with Gasteiger partial charge in [-0.3, -0.25) is 28.9 Å². The van der Waals surface area contributed by atoms with Crippen molar-refractivity contribution < 1.29 is 34.2 Å². The Morgan fingerprint density at radius 3 is 2.30 bits per heavy atom. The van der Waals surface area contributed by atoms with Crippen LogP contribution in [-0.2, 0) is 32.1 Å². The number of benzene rings is 2. The first-order valence-corrected chi connectivity index (χ1v) is 13.2. The number of fused-ring (bicyclic) bond motifs is 3. The second kappa shape index (κ2) is 9.72. The molecule has 2 unspecified atom stereocenters. The van der Waals surface area contributed by atoms with Crippen LogP contribution in [-0.4, -0.2) is 88.9 Å². The zero-order chi connectivity index (χ0) is 29.3. The van der Waals surface area contributed by atoms with Crippen LogP contribution in [0.15, 0.2) is 36.4 Å². The van der Waals surface area contributed by atoms with E-state index in [1.54, 1.807) is 20.2 Å². The number of carbonyl (C=O) groups is 5. The number of nitrogens with zero attached hydrogens (tertiary/aromatic N) is 2. The topological polar surface area (TPSA) is 158 Å². The molecule has 10 nitrogen and oxygen atoms in total. The number of phenols is 1. The number of likely N-dealkylation sites (N-methyl/N-ethyl adjacent to an activating group) is 1. The monoisotopic (exact) mass is 547 g/mol. The Morgan fingerprint density at radius 2 is 1.68 bits per heavy atom. The number of rotatable bonds is 5. The Kier molecular flexibility index (Phi) is 6.76. The number of carbonyl (C=O) groups excluding carboxylic acids is 5. The lowest BCUT2D eigenvalue weighted by Crippen LogP contribution is -2.74. The number of phenolic OH excluding ortho intramolecular Hbond substituents is 1. The first-order chi connectivity index (χ1) is 18.8. The fourth-order valence-electron chi connectivity index (χ4n) is 7.12. The van der Waals surface area contributed by atoms with E-state index in [9.17, 15) is 34.2 Å². The number of amides is 1. The SMILES string of the molecule is CN(C)Cc1ccccc1-c1ccc(O)c2c1C[C@H]1C[C@H]3[C@H](N(C)C)C(=O)C(C(N)=O)C(=O)[C@@]3(O)C(=O)C1C2=O. The van der Waals surface area contributed by atoms with E-state index in [0.29, 0.717) is 12.1 Å². The van der Waals surface area contributed by atoms with Gasteiger partial charge >= 0.3 is 0 Å². The lowest BCUT2D eigenvalue weighted by molar-refractivity contribution is -0.181. The van der Waals surface area contributed by atoms with Crippen molar-refractivity contribution in [3.8, 4) is 16.9 Å². The summed E-state index contributed by atoms with van der Waals surface area (Å²) >= 11 is 0. The van der Waals surface area contributed by atoms with Crippen LogP contribution < -0.4 is 5.73 Å².